The highest BCUT2D eigenvalue weighted by Crippen LogP contribution is 2.60. The molecule has 2 fully saturated rings. The van der Waals surface area contributed by atoms with Crippen molar-refractivity contribution in [2.75, 3.05) is 6.54 Å². The fourth-order valence-electron chi connectivity index (χ4n) is 3.68. The molecule has 2 unspecified atom stereocenters. The summed E-state index contributed by atoms with van der Waals surface area (Å²) in [6, 6.07) is 0. The maximum Gasteiger partial charge on any atom is 0.0897 e. The largest absolute Gasteiger partial charge is 0.312 e. The summed E-state index contributed by atoms with van der Waals surface area (Å²) in [6.45, 7) is 10.1. The summed E-state index contributed by atoms with van der Waals surface area (Å²) < 4.78 is 0. The van der Waals surface area contributed by atoms with Crippen LogP contribution in [0.2, 0.25) is 0 Å². The molecule has 0 aromatic carbocycles. The van der Waals surface area contributed by atoms with Crippen molar-refractivity contribution in [2.24, 2.45) is 17.3 Å². The van der Waals surface area contributed by atoms with Crippen LogP contribution in [-0.4, -0.2) is 17.1 Å². The quantitative estimate of drug-likeness (QED) is 0.906. The van der Waals surface area contributed by atoms with Gasteiger partial charge in [-0.05, 0) is 70.6 Å². The van der Waals surface area contributed by atoms with Gasteiger partial charge in [-0.15, -0.1) is 11.3 Å². The van der Waals surface area contributed by atoms with Crippen LogP contribution in [0, 0.1) is 24.2 Å². The van der Waals surface area contributed by atoms with Gasteiger partial charge in [-0.2, -0.15) is 0 Å². The first kappa shape index (κ1) is 13.6. The van der Waals surface area contributed by atoms with Crippen molar-refractivity contribution >= 4 is 11.3 Å². The Morgan fingerprint density at radius 3 is 2.58 bits per heavy atom. The Labute approximate surface area is 121 Å². The van der Waals surface area contributed by atoms with Crippen LogP contribution in [0.5, 0.6) is 0 Å². The number of aromatic nitrogens is 1. The van der Waals surface area contributed by atoms with E-state index in [4.69, 9.17) is 4.98 Å². The Hall–Kier alpha value is -0.410. The van der Waals surface area contributed by atoms with E-state index in [2.05, 4.69) is 38.4 Å². The number of fused-ring (bicyclic) bond motifs is 1. The molecule has 0 radical (unpaired) electrons. The molecular weight excluding hydrogens is 252 g/mol. The van der Waals surface area contributed by atoms with Crippen LogP contribution in [0.4, 0.5) is 0 Å². The predicted octanol–water partition coefficient (Wildman–Crippen LogP) is 3.80. The van der Waals surface area contributed by atoms with Gasteiger partial charge in [-0.3, -0.25) is 0 Å². The molecule has 3 rings (SSSR count). The molecule has 0 bridgehead atoms. The van der Waals surface area contributed by atoms with Crippen molar-refractivity contribution in [1.29, 1.82) is 0 Å². The summed E-state index contributed by atoms with van der Waals surface area (Å²) in [6.07, 6.45) is 5.50. The molecule has 2 aliphatic rings. The molecular formula is C16H26N2S. The first-order valence-corrected chi connectivity index (χ1v) is 8.39. The number of nitrogens with one attached hydrogen (secondary N) is 1. The van der Waals surface area contributed by atoms with Crippen LogP contribution in [0.3, 0.4) is 0 Å². The minimum absolute atomic E-state index is 0.220. The van der Waals surface area contributed by atoms with E-state index in [0.29, 0.717) is 5.41 Å². The van der Waals surface area contributed by atoms with Gasteiger partial charge >= 0.3 is 0 Å². The van der Waals surface area contributed by atoms with Gasteiger partial charge in [0.1, 0.15) is 0 Å². The first-order valence-electron chi connectivity index (χ1n) is 7.51. The number of hydrogen-bond acceptors (Lipinski definition) is 3. The van der Waals surface area contributed by atoms with E-state index >= 15 is 0 Å². The van der Waals surface area contributed by atoms with Crippen molar-refractivity contribution in [3.63, 3.8) is 0 Å². The van der Waals surface area contributed by atoms with Crippen molar-refractivity contribution in [1.82, 2.24) is 10.3 Å². The maximum atomic E-state index is 4.69. The lowest BCUT2D eigenvalue weighted by Crippen LogP contribution is -2.44. The van der Waals surface area contributed by atoms with Gasteiger partial charge in [0.15, 0.2) is 0 Å². The molecule has 0 aliphatic heterocycles. The highest BCUT2D eigenvalue weighted by molar-refractivity contribution is 7.09. The molecule has 0 amide bonds. The monoisotopic (exact) mass is 278 g/mol. The van der Waals surface area contributed by atoms with Crippen molar-refractivity contribution in [2.45, 2.75) is 58.9 Å². The minimum atomic E-state index is 0.220. The molecule has 1 N–H and O–H groups in total. The lowest BCUT2D eigenvalue weighted by atomic mass is 9.78. The van der Waals surface area contributed by atoms with Crippen LogP contribution in [0.1, 0.15) is 50.7 Å². The lowest BCUT2D eigenvalue weighted by molar-refractivity contribution is 0.220. The van der Waals surface area contributed by atoms with Gasteiger partial charge in [-0.1, -0.05) is 0 Å². The summed E-state index contributed by atoms with van der Waals surface area (Å²) in [7, 11) is 0. The average molecular weight is 278 g/mol. The number of hydrogen-bond donors (Lipinski definition) is 1. The third-order valence-corrected chi connectivity index (χ3v) is 5.50. The average Bonchev–Trinajstić information content (AvgIpc) is 2.71. The Morgan fingerprint density at radius 1 is 1.37 bits per heavy atom. The van der Waals surface area contributed by atoms with E-state index in [9.17, 15) is 0 Å². The molecule has 1 aromatic heterocycles. The standard InChI is InChI=1S/C16H26N2S/c1-11-18-14(9-19-11)8-16(10-17-15(2,3)4)6-12-5-13(12)7-16/h9,12-13,17H,5-8,10H2,1-4H3. The van der Waals surface area contributed by atoms with Gasteiger partial charge < -0.3 is 5.32 Å². The zero-order valence-electron chi connectivity index (χ0n) is 12.6. The van der Waals surface area contributed by atoms with E-state index in [-0.39, 0.29) is 5.54 Å². The minimum Gasteiger partial charge on any atom is -0.312 e. The van der Waals surface area contributed by atoms with Crippen molar-refractivity contribution < 1.29 is 0 Å². The van der Waals surface area contributed by atoms with E-state index in [1.165, 1.54) is 36.4 Å². The molecule has 3 heteroatoms. The SMILES string of the molecule is Cc1nc(CC2(CNC(C)(C)C)CC3CC3C2)cs1. The second kappa shape index (κ2) is 4.56. The van der Waals surface area contributed by atoms with E-state index in [1.54, 1.807) is 11.3 Å². The van der Waals surface area contributed by atoms with E-state index in [0.717, 1.165) is 18.4 Å². The van der Waals surface area contributed by atoms with Crippen molar-refractivity contribution in [3.8, 4) is 0 Å². The molecule has 1 heterocycles. The van der Waals surface area contributed by atoms with Gasteiger partial charge in [0, 0.05) is 17.5 Å². The normalized spacial score (nSPS) is 33.5. The van der Waals surface area contributed by atoms with Crippen LogP contribution < -0.4 is 5.32 Å². The van der Waals surface area contributed by atoms with Crippen LogP contribution in [-0.2, 0) is 6.42 Å². The molecule has 2 atom stereocenters. The number of thiazole rings is 1. The van der Waals surface area contributed by atoms with Crippen LogP contribution in [0.25, 0.3) is 0 Å². The van der Waals surface area contributed by atoms with E-state index < -0.39 is 0 Å². The highest BCUT2D eigenvalue weighted by Gasteiger charge is 2.53. The number of rotatable bonds is 4. The molecule has 0 saturated heterocycles. The van der Waals surface area contributed by atoms with Crippen LogP contribution >= 0.6 is 11.3 Å². The first-order chi connectivity index (χ1) is 8.85. The zero-order chi connectivity index (χ0) is 13.7. The van der Waals surface area contributed by atoms with Gasteiger partial charge in [0.2, 0.25) is 0 Å². The smallest absolute Gasteiger partial charge is 0.0897 e. The second-order valence-corrected chi connectivity index (χ2v) is 8.86. The Morgan fingerprint density at radius 2 is 2.05 bits per heavy atom. The maximum absolute atomic E-state index is 4.69. The topological polar surface area (TPSA) is 24.9 Å². The Balaban J connectivity index is 1.70. The summed E-state index contributed by atoms with van der Waals surface area (Å²) in [5.41, 5.74) is 2.01. The lowest BCUT2D eigenvalue weighted by Gasteiger charge is -2.34. The summed E-state index contributed by atoms with van der Waals surface area (Å²) in [4.78, 5) is 4.69. The third kappa shape index (κ3) is 3.19. The molecule has 1 aromatic rings. The molecule has 19 heavy (non-hydrogen) atoms. The summed E-state index contributed by atoms with van der Waals surface area (Å²) in [5, 5.41) is 7.22. The van der Waals surface area contributed by atoms with Crippen molar-refractivity contribution in [3.05, 3.63) is 16.1 Å². The van der Waals surface area contributed by atoms with Gasteiger partial charge in [-0.25, -0.2) is 4.98 Å². The highest BCUT2D eigenvalue weighted by atomic mass is 32.1. The van der Waals surface area contributed by atoms with E-state index in [1.807, 2.05) is 0 Å². The fraction of sp³-hybridized carbons (Fsp3) is 0.812. The summed E-state index contributed by atoms with van der Waals surface area (Å²) in [5.74, 6) is 2.06. The second-order valence-electron chi connectivity index (χ2n) is 7.80. The molecule has 0 spiro atoms. The molecule has 2 aliphatic carbocycles. The number of nitrogens with zero attached hydrogens (tertiary/aromatic N) is 1. The molecule has 2 nitrogen and oxygen atoms in total. The zero-order valence-corrected chi connectivity index (χ0v) is 13.4. The number of aryl methyl sites for hydroxylation is 1. The van der Waals surface area contributed by atoms with Gasteiger partial charge in [0.25, 0.3) is 0 Å². The summed E-state index contributed by atoms with van der Waals surface area (Å²) >= 11 is 1.79. The predicted molar refractivity (Wildman–Crippen MR) is 81.6 cm³/mol. The van der Waals surface area contributed by atoms with Gasteiger partial charge in [0.05, 0.1) is 10.7 Å². The Bertz CT molecular complexity index is 448. The molecule has 106 valence electrons. The Kier molecular flexibility index (Phi) is 3.25. The third-order valence-electron chi connectivity index (χ3n) is 4.68. The molecule has 2 saturated carbocycles. The fourth-order valence-corrected chi connectivity index (χ4v) is 4.30. The van der Waals surface area contributed by atoms with Crippen LogP contribution in [0.15, 0.2) is 5.38 Å².